The minimum Gasteiger partial charge on any atom is -0.375 e. The molecule has 1 aromatic carbocycles. The first-order chi connectivity index (χ1) is 13.0. The van der Waals surface area contributed by atoms with Crippen LogP contribution in [0.25, 0.3) is 0 Å². The van der Waals surface area contributed by atoms with Crippen LogP contribution < -0.4 is 10.6 Å². The minimum atomic E-state index is -0.236. The van der Waals surface area contributed by atoms with Crippen molar-refractivity contribution in [3.63, 3.8) is 0 Å². The Balaban J connectivity index is 1.79. The molecule has 0 radical (unpaired) electrons. The Morgan fingerprint density at radius 2 is 1.63 bits per heavy atom. The van der Waals surface area contributed by atoms with E-state index in [4.69, 9.17) is 9.47 Å². The van der Waals surface area contributed by atoms with Crippen molar-refractivity contribution < 1.29 is 23.9 Å². The summed E-state index contributed by atoms with van der Waals surface area (Å²) >= 11 is 0. The van der Waals surface area contributed by atoms with Gasteiger partial charge in [0.25, 0.3) is 0 Å². The van der Waals surface area contributed by atoms with Gasteiger partial charge in [0.15, 0.2) is 0 Å². The van der Waals surface area contributed by atoms with Gasteiger partial charge in [-0.2, -0.15) is 0 Å². The first-order valence-corrected chi connectivity index (χ1v) is 9.08. The number of nitrogens with zero attached hydrogens (tertiary/aromatic N) is 1. The predicted molar refractivity (Wildman–Crippen MR) is 101 cm³/mol. The van der Waals surface area contributed by atoms with Crippen molar-refractivity contribution in [3.8, 4) is 0 Å². The number of anilines is 2. The Kier molecular flexibility index (Phi) is 8.22. The molecule has 0 atom stereocenters. The molecule has 0 aliphatic carbocycles. The second kappa shape index (κ2) is 10.6. The van der Waals surface area contributed by atoms with E-state index in [2.05, 4.69) is 10.6 Å². The molecule has 27 heavy (non-hydrogen) atoms. The van der Waals surface area contributed by atoms with E-state index in [-0.39, 0.29) is 36.9 Å². The number of carbonyl (C=O) groups excluding carboxylic acids is 3. The fraction of sp³-hybridized carbons (Fsp3) is 0.526. The fourth-order valence-electron chi connectivity index (χ4n) is 2.88. The molecular weight excluding hydrogens is 350 g/mol. The zero-order valence-corrected chi connectivity index (χ0v) is 15.8. The number of methoxy groups -OCH3 is 1. The average molecular weight is 377 g/mol. The lowest BCUT2D eigenvalue weighted by atomic mass is 9.95. The summed E-state index contributed by atoms with van der Waals surface area (Å²) in [6.07, 6.45) is 1.27. The minimum absolute atomic E-state index is 0.00967. The summed E-state index contributed by atoms with van der Waals surface area (Å²) in [6, 6.07) is 6.92. The summed E-state index contributed by atoms with van der Waals surface area (Å²) < 4.78 is 9.91. The molecule has 1 aliphatic heterocycles. The van der Waals surface area contributed by atoms with Gasteiger partial charge < -0.3 is 25.0 Å². The number of carbonyl (C=O) groups is 3. The highest BCUT2D eigenvalue weighted by Crippen LogP contribution is 2.20. The maximum atomic E-state index is 12.4. The average Bonchev–Trinajstić information content (AvgIpc) is 2.68. The van der Waals surface area contributed by atoms with Crippen LogP contribution in [0.1, 0.15) is 19.8 Å². The Labute approximate surface area is 159 Å². The number of hydrogen-bond acceptors (Lipinski definition) is 5. The van der Waals surface area contributed by atoms with Gasteiger partial charge >= 0.3 is 0 Å². The van der Waals surface area contributed by atoms with Crippen LogP contribution in [0.2, 0.25) is 0 Å². The maximum Gasteiger partial charge on any atom is 0.250 e. The summed E-state index contributed by atoms with van der Waals surface area (Å²) in [4.78, 5) is 37.6. The molecule has 1 heterocycles. The molecule has 1 fully saturated rings. The Bertz CT molecular complexity index is 639. The lowest BCUT2D eigenvalue weighted by molar-refractivity contribution is -0.138. The van der Waals surface area contributed by atoms with Crippen LogP contribution in [0, 0.1) is 5.92 Å². The van der Waals surface area contributed by atoms with Gasteiger partial charge in [0, 0.05) is 44.1 Å². The van der Waals surface area contributed by atoms with Crippen molar-refractivity contribution in [3.05, 3.63) is 24.3 Å². The van der Waals surface area contributed by atoms with E-state index >= 15 is 0 Å². The van der Waals surface area contributed by atoms with Gasteiger partial charge in [-0.3, -0.25) is 14.4 Å². The summed E-state index contributed by atoms with van der Waals surface area (Å²) in [5, 5.41) is 5.58. The summed E-state index contributed by atoms with van der Waals surface area (Å²) in [6.45, 7) is 3.58. The normalized spacial score (nSPS) is 14.7. The third kappa shape index (κ3) is 6.65. The molecule has 0 bridgehead atoms. The highest BCUT2D eigenvalue weighted by molar-refractivity contribution is 5.94. The molecule has 0 aromatic heterocycles. The molecule has 0 unspecified atom stereocenters. The molecule has 148 valence electrons. The number of amides is 3. The molecule has 1 aromatic rings. The molecule has 1 saturated heterocycles. The Morgan fingerprint density at radius 3 is 2.19 bits per heavy atom. The second-order valence-corrected chi connectivity index (χ2v) is 6.34. The van der Waals surface area contributed by atoms with E-state index in [1.807, 2.05) is 6.92 Å². The smallest absolute Gasteiger partial charge is 0.250 e. The molecule has 1 aliphatic rings. The summed E-state index contributed by atoms with van der Waals surface area (Å²) in [5.41, 5.74) is 1.30. The highest BCUT2D eigenvalue weighted by Gasteiger charge is 2.27. The quantitative estimate of drug-likeness (QED) is 0.715. The summed E-state index contributed by atoms with van der Waals surface area (Å²) in [5.74, 6) is -0.438. The van der Waals surface area contributed by atoms with Gasteiger partial charge in [0.2, 0.25) is 17.7 Å². The number of rotatable bonds is 8. The SMILES string of the molecule is CCOCC(=O)N1CCC(C(=O)Nc2ccc(NC(=O)COC)cc2)CC1. The molecular formula is C19H27N3O5. The van der Waals surface area contributed by atoms with Crippen LogP contribution in [0.15, 0.2) is 24.3 Å². The molecule has 8 nitrogen and oxygen atoms in total. The van der Waals surface area contributed by atoms with Crippen molar-refractivity contribution in [2.45, 2.75) is 19.8 Å². The Morgan fingerprint density at radius 1 is 1.04 bits per heavy atom. The second-order valence-electron chi connectivity index (χ2n) is 6.34. The van der Waals surface area contributed by atoms with Crippen LogP contribution in [0.3, 0.4) is 0 Å². The van der Waals surface area contributed by atoms with E-state index in [1.165, 1.54) is 7.11 Å². The number of ether oxygens (including phenoxy) is 2. The molecule has 2 rings (SSSR count). The number of nitrogens with one attached hydrogen (secondary N) is 2. The molecule has 3 amide bonds. The summed E-state index contributed by atoms with van der Waals surface area (Å²) in [7, 11) is 1.46. The predicted octanol–water partition coefficient (Wildman–Crippen LogP) is 1.49. The first kappa shape index (κ1) is 20.9. The zero-order chi connectivity index (χ0) is 19.6. The van der Waals surface area contributed by atoms with Gasteiger partial charge in [0.05, 0.1) is 0 Å². The van der Waals surface area contributed by atoms with Crippen LogP contribution in [0.4, 0.5) is 11.4 Å². The van der Waals surface area contributed by atoms with Crippen molar-refractivity contribution >= 4 is 29.1 Å². The number of benzene rings is 1. The molecule has 8 heteroatoms. The van der Waals surface area contributed by atoms with Gasteiger partial charge in [-0.1, -0.05) is 0 Å². The van der Waals surface area contributed by atoms with Crippen molar-refractivity contribution in [2.75, 3.05) is 50.7 Å². The number of likely N-dealkylation sites (tertiary alicyclic amines) is 1. The van der Waals surface area contributed by atoms with E-state index in [9.17, 15) is 14.4 Å². The van der Waals surface area contributed by atoms with E-state index < -0.39 is 0 Å². The van der Waals surface area contributed by atoms with Gasteiger partial charge in [0.1, 0.15) is 13.2 Å². The van der Waals surface area contributed by atoms with Crippen LogP contribution >= 0.6 is 0 Å². The lowest BCUT2D eigenvalue weighted by Crippen LogP contribution is -2.42. The van der Waals surface area contributed by atoms with Crippen molar-refractivity contribution in [1.29, 1.82) is 0 Å². The van der Waals surface area contributed by atoms with Crippen LogP contribution in [0.5, 0.6) is 0 Å². The number of piperidine rings is 1. The first-order valence-electron chi connectivity index (χ1n) is 9.08. The number of hydrogen-bond donors (Lipinski definition) is 2. The fourth-order valence-corrected chi connectivity index (χ4v) is 2.88. The van der Waals surface area contributed by atoms with Gasteiger partial charge in [-0.15, -0.1) is 0 Å². The monoisotopic (exact) mass is 377 g/mol. The van der Waals surface area contributed by atoms with Crippen LogP contribution in [-0.2, 0) is 23.9 Å². The zero-order valence-electron chi connectivity index (χ0n) is 15.8. The largest absolute Gasteiger partial charge is 0.375 e. The topological polar surface area (TPSA) is 97.0 Å². The maximum absolute atomic E-state index is 12.4. The van der Waals surface area contributed by atoms with Crippen LogP contribution in [-0.4, -0.2) is 62.6 Å². The van der Waals surface area contributed by atoms with E-state index in [0.717, 1.165) is 0 Å². The van der Waals surface area contributed by atoms with Crippen molar-refractivity contribution in [2.24, 2.45) is 5.92 Å². The van der Waals surface area contributed by atoms with E-state index in [1.54, 1.807) is 29.2 Å². The highest BCUT2D eigenvalue weighted by atomic mass is 16.5. The van der Waals surface area contributed by atoms with E-state index in [0.29, 0.717) is 43.9 Å². The third-order valence-corrected chi connectivity index (χ3v) is 4.36. The Hall–Kier alpha value is -2.45. The van der Waals surface area contributed by atoms with Crippen molar-refractivity contribution in [1.82, 2.24) is 4.90 Å². The molecule has 2 N–H and O–H groups in total. The third-order valence-electron chi connectivity index (χ3n) is 4.36. The van der Waals surface area contributed by atoms with Gasteiger partial charge in [-0.25, -0.2) is 0 Å². The molecule has 0 saturated carbocycles. The van der Waals surface area contributed by atoms with Gasteiger partial charge in [-0.05, 0) is 44.0 Å². The molecule has 0 spiro atoms. The lowest BCUT2D eigenvalue weighted by Gasteiger charge is -2.31. The standard InChI is InChI=1S/C19H27N3O5/c1-3-27-13-18(24)22-10-8-14(9-11-22)19(25)21-16-6-4-15(5-7-16)20-17(23)12-26-2/h4-7,14H,3,8-13H2,1-2H3,(H,20,23)(H,21,25).